The van der Waals surface area contributed by atoms with Crippen molar-refractivity contribution >= 4 is 6.09 Å². The minimum Gasteiger partial charge on any atom is -0.530 e. The third-order valence-corrected chi connectivity index (χ3v) is 2.68. The molecular weight excluding hydrogens is 144 g/mol. The van der Waals surface area contributed by atoms with E-state index in [2.05, 4.69) is 5.32 Å². The Morgan fingerprint density at radius 3 is 3.09 bits per heavy atom. The first kappa shape index (κ1) is 6.91. The molecule has 62 valence electrons. The molecule has 2 atom stereocenters. The van der Waals surface area contributed by atoms with Crippen LogP contribution < -0.4 is 10.4 Å². The van der Waals surface area contributed by atoms with E-state index in [1.807, 2.05) is 0 Å². The van der Waals surface area contributed by atoms with Gasteiger partial charge < -0.3 is 20.1 Å². The van der Waals surface area contributed by atoms with Crippen molar-refractivity contribution < 1.29 is 9.90 Å². The number of carbonyl (C=O) groups is 1. The highest BCUT2D eigenvalue weighted by Crippen LogP contribution is 2.26. The second-order valence-corrected chi connectivity index (χ2v) is 3.23. The summed E-state index contributed by atoms with van der Waals surface area (Å²) >= 11 is 0. The van der Waals surface area contributed by atoms with E-state index in [1.54, 1.807) is 0 Å². The number of nitrogens with zero attached hydrogens (tertiary/aromatic N) is 1. The highest BCUT2D eigenvalue weighted by Gasteiger charge is 2.37. The van der Waals surface area contributed by atoms with Crippen molar-refractivity contribution in [2.75, 3.05) is 19.6 Å². The lowest BCUT2D eigenvalue weighted by molar-refractivity contribution is -0.266. The molecule has 2 fully saturated rings. The molecule has 2 aliphatic heterocycles. The molecule has 4 nitrogen and oxygen atoms in total. The second-order valence-electron chi connectivity index (χ2n) is 3.23. The molecule has 0 radical (unpaired) electrons. The van der Waals surface area contributed by atoms with Crippen LogP contribution in [0.25, 0.3) is 0 Å². The predicted octanol–water partition coefficient (Wildman–Crippen LogP) is -1.38. The van der Waals surface area contributed by atoms with Crippen LogP contribution in [0.5, 0.6) is 0 Å². The number of rotatable bonds is 0. The summed E-state index contributed by atoms with van der Waals surface area (Å²) in [6.45, 7) is 2.44. The van der Waals surface area contributed by atoms with Crippen LogP contribution in [0.4, 0.5) is 4.79 Å². The number of fused-ring (bicyclic) bond motifs is 1. The van der Waals surface area contributed by atoms with E-state index in [0.29, 0.717) is 12.5 Å². The fraction of sp³-hybridized carbons (Fsp3) is 0.857. The Hall–Kier alpha value is -0.770. The van der Waals surface area contributed by atoms with Gasteiger partial charge in [0.1, 0.15) is 6.09 Å². The largest absolute Gasteiger partial charge is 0.530 e. The van der Waals surface area contributed by atoms with E-state index in [0.717, 1.165) is 19.5 Å². The number of carbonyl (C=O) groups excluding carboxylic acids is 1. The lowest BCUT2D eigenvalue weighted by atomic mass is 10.1. The Balaban J connectivity index is 2.08. The van der Waals surface area contributed by atoms with E-state index in [1.165, 1.54) is 4.90 Å². The lowest BCUT2D eigenvalue weighted by Crippen LogP contribution is -2.46. The number of nitrogens with one attached hydrogen (secondary N) is 1. The van der Waals surface area contributed by atoms with Crippen molar-refractivity contribution in [2.45, 2.75) is 12.5 Å². The third kappa shape index (κ3) is 0.976. The molecular formula is C7H11N2O2-. The highest BCUT2D eigenvalue weighted by atomic mass is 16.4. The molecule has 0 bridgehead atoms. The van der Waals surface area contributed by atoms with Crippen LogP contribution in [0, 0.1) is 5.92 Å². The fourth-order valence-corrected chi connectivity index (χ4v) is 2.08. The van der Waals surface area contributed by atoms with E-state index >= 15 is 0 Å². The van der Waals surface area contributed by atoms with E-state index < -0.39 is 6.09 Å². The molecule has 1 N–H and O–H groups in total. The fourth-order valence-electron chi connectivity index (χ4n) is 2.08. The monoisotopic (exact) mass is 155 g/mol. The Bertz CT molecular complexity index is 183. The summed E-state index contributed by atoms with van der Waals surface area (Å²) < 4.78 is 0. The maximum absolute atomic E-state index is 10.5. The number of hydrogen-bond donors (Lipinski definition) is 1. The zero-order valence-corrected chi connectivity index (χ0v) is 6.25. The summed E-state index contributed by atoms with van der Waals surface area (Å²) in [6, 6.07) is 0.194. The van der Waals surface area contributed by atoms with Crippen LogP contribution >= 0.6 is 0 Å². The average Bonchev–Trinajstić information content (AvgIpc) is 2.41. The van der Waals surface area contributed by atoms with Gasteiger partial charge in [0.2, 0.25) is 0 Å². The highest BCUT2D eigenvalue weighted by molar-refractivity contribution is 5.63. The zero-order chi connectivity index (χ0) is 7.84. The molecule has 0 unspecified atom stereocenters. The molecule has 0 aromatic carbocycles. The van der Waals surface area contributed by atoms with E-state index in [4.69, 9.17) is 0 Å². The molecule has 0 aliphatic carbocycles. The van der Waals surface area contributed by atoms with Crippen molar-refractivity contribution in [3.05, 3.63) is 0 Å². The Kier molecular flexibility index (Phi) is 1.49. The molecule has 0 saturated carbocycles. The van der Waals surface area contributed by atoms with Gasteiger partial charge in [-0.15, -0.1) is 0 Å². The Morgan fingerprint density at radius 2 is 2.36 bits per heavy atom. The van der Waals surface area contributed by atoms with Crippen LogP contribution in [0.15, 0.2) is 0 Å². The van der Waals surface area contributed by atoms with Crippen LogP contribution in [0.3, 0.4) is 0 Å². The Labute approximate surface area is 65.2 Å². The summed E-state index contributed by atoms with van der Waals surface area (Å²) in [5.74, 6) is 0.535. The molecule has 2 heterocycles. The number of amides is 1. The summed E-state index contributed by atoms with van der Waals surface area (Å²) in [7, 11) is 0. The van der Waals surface area contributed by atoms with Crippen molar-refractivity contribution in [1.82, 2.24) is 10.2 Å². The molecule has 0 spiro atoms. The molecule has 1 amide bonds. The van der Waals surface area contributed by atoms with Gasteiger partial charge in [-0.2, -0.15) is 0 Å². The average molecular weight is 155 g/mol. The third-order valence-electron chi connectivity index (χ3n) is 2.68. The summed E-state index contributed by atoms with van der Waals surface area (Å²) in [4.78, 5) is 12.0. The van der Waals surface area contributed by atoms with Crippen LogP contribution in [-0.4, -0.2) is 36.7 Å². The molecule has 11 heavy (non-hydrogen) atoms. The normalized spacial score (nSPS) is 35.8. The minimum atomic E-state index is -1.01. The van der Waals surface area contributed by atoms with Crippen molar-refractivity contribution in [1.29, 1.82) is 0 Å². The van der Waals surface area contributed by atoms with Crippen molar-refractivity contribution in [3.63, 3.8) is 0 Å². The minimum absolute atomic E-state index is 0.194. The number of likely N-dealkylation sites (tertiary alicyclic amines) is 1. The lowest BCUT2D eigenvalue weighted by Gasteiger charge is -2.25. The smallest absolute Gasteiger partial charge is 0.137 e. The van der Waals surface area contributed by atoms with Gasteiger partial charge in [0.25, 0.3) is 0 Å². The maximum atomic E-state index is 10.5. The maximum Gasteiger partial charge on any atom is 0.137 e. The molecule has 0 aromatic heterocycles. The van der Waals surface area contributed by atoms with Gasteiger partial charge in [-0.05, 0) is 12.3 Å². The molecule has 4 heteroatoms. The van der Waals surface area contributed by atoms with E-state index in [9.17, 15) is 9.90 Å². The Morgan fingerprint density at radius 1 is 1.55 bits per heavy atom. The number of carboxylic acid groups (broad SMARTS) is 1. The first-order valence-electron chi connectivity index (χ1n) is 3.97. The second kappa shape index (κ2) is 2.37. The molecule has 2 saturated heterocycles. The van der Waals surface area contributed by atoms with Gasteiger partial charge in [-0.3, -0.25) is 0 Å². The standard InChI is InChI=1S/C7H12N2O2/c10-7(11)9-2-1-5-3-8-4-6(5)9/h5-6,8H,1-4H2,(H,10,11)/p-1/t5-,6+/m1/s1. The quantitative estimate of drug-likeness (QED) is 0.469. The van der Waals surface area contributed by atoms with Crippen LogP contribution in [0.2, 0.25) is 0 Å². The summed E-state index contributed by atoms with van der Waals surface area (Å²) in [5.41, 5.74) is 0. The van der Waals surface area contributed by atoms with Gasteiger partial charge in [-0.1, -0.05) is 0 Å². The molecule has 2 aliphatic rings. The van der Waals surface area contributed by atoms with Gasteiger partial charge in [0.15, 0.2) is 0 Å². The van der Waals surface area contributed by atoms with Crippen molar-refractivity contribution in [3.8, 4) is 0 Å². The summed E-state index contributed by atoms with van der Waals surface area (Å²) in [6.07, 6.45) is -0.0211. The van der Waals surface area contributed by atoms with Gasteiger partial charge in [-0.25, -0.2) is 0 Å². The number of hydrogen-bond acceptors (Lipinski definition) is 3. The summed E-state index contributed by atoms with van der Waals surface area (Å²) in [5, 5.41) is 13.7. The van der Waals surface area contributed by atoms with Crippen molar-refractivity contribution in [2.24, 2.45) is 5.92 Å². The molecule has 0 aromatic rings. The van der Waals surface area contributed by atoms with Crippen LogP contribution in [0.1, 0.15) is 6.42 Å². The zero-order valence-electron chi connectivity index (χ0n) is 6.25. The van der Waals surface area contributed by atoms with Gasteiger partial charge in [0.05, 0.1) is 0 Å². The SMILES string of the molecule is O=C([O-])N1CC[C@@H]2CNC[C@@H]21. The van der Waals surface area contributed by atoms with Crippen LogP contribution in [-0.2, 0) is 0 Å². The topological polar surface area (TPSA) is 55.4 Å². The van der Waals surface area contributed by atoms with Gasteiger partial charge >= 0.3 is 0 Å². The first-order valence-corrected chi connectivity index (χ1v) is 3.97. The molecule has 2 rings (SSSR count). The van der Waals surface area contributed by atoms with Gasteiger partial charge in [0, 0.05) is 25.7 Å². The van der Waals surface area contributed by atoms with E-state index in [-0.39, 0.29) is 6.04 Å². The first-order chi connectivity index (χ1) is 5.29. The predicted molar refractivity (Wildman–Crippen MR) is 36.9 cm³/mol.